The van der Waals surface area contributed by atoms with Crippen molar-refractivity contribution in [2.75, 3.05) is 6.61 Å². The number of carbonyl (C=O) groups is 1. The van der Waals surface area contributed by atoms with Gasteiger partial charge in [0.25, 0.3) is 0 Å². The minimum atomic E-state index is -3.66. The Morgan fingerprint density at radius 3 is 2.32 bits per heavy atom. The van der Waals surface area contributed by atoms with Gasteiger partial charge in [-0.25, -0.2) is 13.6 Å². The van der Waals surface area contributed by atoms with E-state index < -0.39 is 10.0 Å². The van der Waals surface area contributed by atoms with Gasteiger partial charge >= 0.3 is 5.97 Å². The van der Waals surface area contributed by atoms with Crippen molar-refractivity contribution in [2.24, 2.45) is 11.1 Å². The third-order valence-electron chi connectivity index (χ3n) is 2.45. The molecule has 6 heteroatoms. The topological polar surface area (TPSA) is 86.5 Å². The molecule has 1 aromatic carbocycles. The molecule has 1 rings (SSSR count). The van der Waals surface area contributed by atoms with Gasteiger partial charge in [-0.15, -0.1) is 0 Å². The molecular weight excluding hydrogens is 266 g/mol. The first-order valence-corrected chi connectivity index (χ1v) is 7.61. The van der Waals surface area contributed by atoms with E-state index in [0.29, 0.717) is 18.9 Å². The van der Waals surface area contributed by atoms with Gasteiger partial charge in [-0.3, -0.25) is 4.79 Å². The van der Waals surface area contributed by atoms with Gasteiger partial charge in [0.1, 0.15) is 0 Å². The Balaban J connectivity index is 2.48. The number of primary sulfonamides is 1. The Morgan fingerprint density at radius 2 is 1.84 bits per heavy atom. The number of nitrogens with two attached hydrogens (primary N) is 1. The Morgan fingerprint density at radius 1 is 1.26 bits per heavy atom. The molecule has 0 saturated heterocycles. The van der Waals surface area contributed by atoms with Crippen LogP contribution in [0.2, 0.25) is 0 Å². The van der Waals surface area contributed by atoms with Crippen LogP contribution in [0.5, 0.6) is 0 Å². The zero-order valence-corrected chi connectivity index (χ0v) is 11.9. The third kappa shape index (κ3) is 5.85. The highest BCUT2D eigenvalue weighted by molar-refractivity contribution is 7.89. The molecule has 106 valence electrons. The zero-order valence-electron chi connectivity index (χ0n) is 11.1. The van der Waals surface area contributed by atoms with Crippen LogP contribution >= 0.6 is 0 Å². The van der Waals surface area contributed by atoms with E-state index in [1.807, 2.05) is 13.8 Å². The van der Waals surface area contributed by atoms with Crippen LogP contribution in [0.15, 0.2) is 29.2 Å². The molecule has 0 aliphatic heterocycles. The molecule has 0 amide bonds. The molecular formula is C13H19NO4S. The molecule has 0 unspecified atom stereocenters. The van der Waals surface area contributed by atoms with Gasteiger partial charge in [0.15, 0.2) is 0 Å². The van der Waals surface area contributed by atoms with E-state index in [2.05, 4.69) is 0 Å². The van der Waals surface area contributed by atoms with Gasteiger partial charge in [-0.05, 0) is 30.0 Å². The summed E-state index contributed by atoms with van der Waals surface area (Å²) in [6.07, 6.45) is 0.795. The number of esters is 1. The number of hydrogen-bond donors (Lipinski definition) is 1. The summed E-state index contributed by atoms with van der Waals surface area (Å²) < 4.78 is 27.2. The highest BCUT2D eigenvalue weighted by Gasteiger charge is 2.08. The lowest BCUT2D eigenvalue weighted by atomic mass is 10.1. The van der Waals surface area contributed by atoms with E-state index in [0.717, 1.165) is 5.56 Å². The van der Waals surface area contributed by atoms with Gasteiger partial charge in [0.05, 0.1) is 11.5 Å². The summed E-state index contributed by atoms with van der Waals surface area (Å²) in [6, 6.07) is 6.17. The average Bonchev–Trinajstić information content (AvgIpc) is 2.33. The smallest absolute Gasteiger partial charge is 0.306 e. The van der Waals surface area contributed by atoms with Gasteiger partial charge in [-0.2, -0.15) is 0 Å². The molecule has 0 spiro atoms. The summed E-state index contributed by atoms with van der Waals surface area (Å²) in [7, 11) is -3.66. The van der Waals surface area contributed by atoms with Crippen LogP contribution in [-0.4, -0.2) is 21.0 Å². The third-order valence-corrected chi connectivity index (χ3v) is 3.38. The van der Waals surface area contributed by atoms with Crippen molar-refractivity contribution < 1.29 is 17.9 Å². The van der Waals surface area contributed by atoms with Crippen LogP contribution in [0.4, 0.5) is 0 Å². The summed E-state index contributed by atoms with van der Waals surface area (Å²) in [5, 5.41) is 4.99. The van der Waals surface area contributed by atoms with E-state index in [-0.39, 0.29) is 17.3 Å². The quantitative estimate of drug-likeness (QED) is 0.802. The molecule has 0 aliphatic carbocycles. The summed E-state index contributed by atoms with van der Waals surface area (Å²) in [5.41, 5.74) is 0.869. The van der Waals surface area contributed by atoms with Crippen LogP contribution in [0.1, 0.15) is 25.8 Å². The summed E-state index contributed by atoms with van der Waals surface area (Å²) in [6.45, 7) is 4.36. The van der Waals surface area contributed by atoms with E-state index in [1.54, 1.807) is 12.1 Å². The second kappa shape index (κ2) is 6.68. The van der Waals surface area contributed by atoms with Gasteiger partial charge in [-0.1, -0.05) is 26.0 Å². The Bertz CT molecular complexity index is 520. The largest absolute Gasteiger partial charge is 0.465 e. The lowest BCUT2D eigenvalue weighted by molar-refractivity contribution is -0.144. The fourth-order valence-electron chi connectivity index (χ4n) is 1.42. The first kappa shape index (κ1) is 15.7. The van der Waals surface area contributed by atoms with Crippen LogP contribution in [-0.2, 0) is 26.0 Å². The minimum absolute atomic E-state index is 0.0682. The number of benzene rings is 1. The second-order valence-electron chi connectivity index (χ2n) is 4.77. The lowest BCUT2D eigenvalue weighted by Crippen LogP contribution is -2.12. The highest BCUT2D eigenvalue weighted by atomic mass is 32.2. The van der Waals surface area contributed by atoms with E-state index in [1.165, 1.54) is 12.1 Å². The summed E-state index contributed by atoms with van der Waals surface area (Å²) in [5.74, 6) is 0.0715. The molecule has 0 aromatic heterocycles. The Labute approximate surface area is 113 Å². The molecule has 2 N–H and O–H groups in total. The standard InChI is InChI=1S/C13H19NO4S/c1-10(2)9-18-13(15)8-5-11-3-6-12(7-4-11)19(14,16)17/h3-4,6-7,10H,5,8-9H2,1-2H3,(H2,14,16,17). The maximum absolute atomic E-state index is 11.4. The van der Waals surface area contributed by atoms with Gasteiger partial charge in [0.2, 0.25) is 10.0 Å². The molecule has 0 aliphatic rings. The van der Waals surface area contributed by atoms with E-state index in [9.17, 15) is 13.2 Å². The molecule has 0 radical (unpaired) electrons. The molecule has 0 saturated carbocycles. The summed E-state index contributed by atoms with van der Waals surface area (Å²) in [4.78, 5) is 11.5. The first-order chi connectivity index (χ1) is 8.79. The lowest BCUT2D eigenvalue weighted by Gasteiger charge is -2.07. The number of hydrogen-bond acceptors (Lipinski definition) is 4. The van der Waals surface area contributed by atoms with Crippen molar-refractivity contribution in [3.8, 4) is 0 Å². The molecule has 1 aromatic rings. The van der Waals surface area contributed by atoms with E-state index in [4.69, 9.17) is 9.88 Å². The van der Waals surface area contributed by atoms with Gasteiger partial charge < -0.3 is 4.74 Å². The number of carbonyl (C=O) groups excluding carboxylic acids is 1. The van der Waals surface area contributed by atoms with Crippen LogP contribution < -0.4 is 5.14 Å². The van der Waals surface area contributed by atoms with Crippen molar-refractivity contribution in [1.82, 2.24) is 0 Å². The zero-order chi connectivity index (χ0) is 14.5. The van der Waals surface area contributed by atoms with Crippen molar-refractivity contribution in [2.45, 2.75) is 31.6 Å². The maximum atomic E-state index is 11.4. The monoisotopic (exact) mass is 285 g/mol. The molecule has 0 heterocycles. The van der Waals surface area contributed by atoms with Crippen LogP contribution in [0, 0.1) is 5.92 Å². The number of sulfonamides is 1. The predicted molar refractivity (Wildman–Crippen MR) is 71.9 cm³/mol. The predicted octanol–water partition coefficient (Wildman–Crippen LogP) is 1.47. The fraction of sp³-hybridized carbons (Fsp3) is 0.462. The van der Waals surface area contributed by atoms with Crippen molar-refractivity contribution in [3.63, 3.8) is 0 Å². The highest BCUT2D eigenvalue weighted by Crippen LogP contribution is 2.10. The van der Waals surface area contributed by atoms with Crippen molar-refractivity contribution in [1.29, 1.82) is 0 Å². The SMILES string of the molecule is CC(C)COC(=O)CCc1ccc(S(N)(=O)=O)cc1. The molecule has 0 bridgehead atoms. The van der Waals surface area contributed by atoms with Crippen molar-refractivity contribution in [3.05, 3.63) is 29.8 Å². The van der Waals surface area contributed by atoms with Gasteiger partial charge in [0, 0.05) is 6.42 Å². The summed E-state index contributed by atoms with van der Waals surface area (Å²) >= 11 is 0. The fourth-order valence-corrected chi connectivity index (χ4v) is 1.94. The Hall–Kier alpha value is -1.40. The van der Waals surface area contributed by atoms with Crippen molar-refractivity contribution >= 4 is 16.0 Å². The van der Waals surface area contributed by atoms with Crippen LogP contribution in [0.25, 0.3) is 0 Å². The maximum Gasteiger partial charge on any atom is 0.306 e. The molecule has 19 heavy (non-hydrogen) atoms. The minimum Gasteiger partial charge on any atom is -0.465 e. The molecule has 5 nitrogen and oxygen atoms in total. The number of aryl methyl sites for hydroxylation is 1. The number of rotatable bonds is 6. The molecule has 0 fully saturated rings. The Kier molecular flexibility index (Phi) is 5.50. The number of ether oxygens (including phenoxy) is 1. The van der Waals surface area contributed by atoms with Crippen LogP contribution in [0.3, 0.4) is 0 Å². The normalized spacial score (nSPS) is 11.6. The van der Waals surface area contributed by atoms with E-state index >= 15 is 0 Å². The average molecular weight is 285 g/mol. The molecule has 0 atom stereocenters. The second-order valence-corrected chi connectivity index (χ2v) is 6.33. The first-order valence-electron chi connectivity index (χ1n) is 6.06.